The Balaban J connectivity index is 2.07. The van der Waals surface area contributed by atoms with E-state index in [9.17, 15) is 4.79 Å². The Morgan fingerprint density at radius 1 is 1.54 bits per heavy atom. The SMILES string of the molecule is Cc1cccc(C2CC2OC=O)c1. The highest BCUT2D eigenvalue weighted by Crippen LogP contribution is 2.42. The Hall–Kier alpha value is -1.31. The number of carbonyl (C=O) groups is 1. The molecule has 2 rings (SSSR count). The van der Waals surface area contributed by atoms with Crippen molar-refractivity contribution in [2.24, 2.45) is 0 Å². The summed E-state index contributed by atoms with van der Waals surface area (Å²) in [5.74, 6) is 0.435. The first-order valence-corrected chi connectivity index (χ1v) is 4.47. The van der Waals surface area contributed by atoms with Gasteiger partial charge in [0.25, 0.3) is 6.47 Å². The second-order valence-corrected chi connectivity index (χ2v) is 3.53. The lowest BCUT2D eigenvalue weighted by Crippen LogP contribution is -1.93. The van der Waals surface area contributed by atoms with Crippen LogP contribution < -0.4 is 0 Å². The lowest BCUT2D eigenvalue weighted by molar-refractivity contribution is -0.129. The fourth-order valence-corrected chi connectivity index (χ4v) is 1.64. The second-order valence-electron chi connectivity index (χ2n) is 3.53. The third-order valence-electron chi connectivity index (χ3n) is 2.43. The molecule has 1 aliphatic rings. The molecule has 0 radical (unpaired) electrons. The largest absolute Gasteiger partial charge is 0.464 e. The maximum atomic E-state index is 10.1. The third kappa shape index (κ3) is 1.72. The van der Waals surface area contributed by atoms with Crippen LogP contribution in [0, 0.1) is 6.92 Å². The molecular formula is C11H12O2. The first-order chi connectivity index (χ1) is 6.31. The van der Waals surface area contributed by atoms with Crippen molar-refractivity contribution in [1.29, 1.82) is 0 Å². The minimum atomic E-state index is 0.124. The van der Waals surface area contributed by atoms with Crippen LogP contribution in [0.5, 0.6) is 0 Å². The van der Waals surface area contributed by atoms with Crippen LogP contribution in [0.25, 0.3) is 0 Å². The standard InChI is InChI=1S/C11H12O2/c1-8-3-2-4-9(5-8)10-6-11(10)13-7-12/h2-5,7,10-11H,6H2,1H3. The number of benzene rings is 1. The van der Waals surface area contributed by atoms with Crippen molar-refractivity contribution in [3.05, 3.63) is 35.4 Å². The summed E-state index contributed by atoms with van der Waals surface area (Å²) >= 11 is 0. The van der Waals surface area contributed by atoms with Crippen LogP contribution in [0.4, 0.5) is 0 Å². The van der Waals surface area contributed by atoms with E-state index in [2.05, 4.69) is 25.1 Å². The molecule has 2 nitrogen and oxygen atoms in total. The smallest absolute Gasteiger partial charge is 0.293 e. The van der Waals surface area contributed by atoms with Crippen molar-refractivity contribution in [2.75, 3.05) is 0 Å². The molecule has 1 fully saturated rings. The molecule has 0 bridgehead atoms. The topological polar surface area (TPSA) is 26.3 Å². The summed E-state index contributed by atoms with van der Waals surface area (Å²) in [6.07, 6.45) is 1.10. The molecule has 0 amide bonds. The molecule has 1 saturated carbocycles. The van der Waals surface area contributed by atoms with Crippen LogP contribution in [0.3, 0.4) is 0 Å². The number of aryl methyl sites for hydroxylation is 1. The van der Waals surface area contributed by atoms with Crippen LogP contribution in [0.1, 0.15) is 23.5 Å². The predicted octanol–water partition coefficient (Wildman–Crippen LogP) is 2.02. The average molecular weight is 176 g/mol. The predicted molar refractivity (Wildman–Crippen MR) is 49.5 cm³/mol. The molecule has 0 N–H and O–H groups in total. The molecule has 0 saturated heterocycles. The van der Waals surface area contributed by atoms with Crippen molar-refractivity contribution < 1.29 is 9.53 Å². The lowest BCUT2D eigenvalue weighted by atomic mass is 10.1. The van der Waals surface area contributed by atoms with E-state index in [0.717, 1.165) is 6.42 Å². The molecule has 1 aromatic carbocycles. The van der Waals surface area contributed by atoms with Gasteiger partial charge in [-0.3, -0.25) is 4.79 Å². The highest BCUT2D eigenvalue weighted by Gasteiger charge is 2.40. The van der Waals surface area contributed by atoms with Gasteiger partial charge in [0.2, 0.25) is 0 Å². The van der Waals surface area contributed by atoms with Gasteiger partial charge in [0, 0.05) is 5.92 Å². The van der Waals surface area contributed by atoms with Crippen molar-refractivity contribution in [2.45, 2.75) is 25.4 Å². The summed E-state index contributed by atoms with van der Waals surface area (Å²) in [7, 11) is 0. The monoisotopic (exact) mass is 176 g/mol. The number of carbonyl (C=O) groups excluding carboxylic acids is 1. The second kappa shape index (κ2) is 3.21. The van der Waals surface area contributed by atoms with Gasteiger partial charge in [-0.15, -0.1) is 0 Å². The van der Waals surface area contributed by atoms with Crippen LogP contribution in [0.15, 0.2) is 24.3 Å². The lowest BCUT2D eigenvalue weighted by Gasteiger charge is -2.00. The van der Waals surface area contributed by atoms with Crippen molar-refractivity contribution >= 4 is 6.47 Å². The van der Waals surface area contributed by atoms with Gasteiger partial charge >= 0.3 is 0 Å². The summed E-state index contributed by atoms with van der Waals surface area (Å²) in [6.45, 7) is 2.61. The van der Waals surface area contributed by atoms with Gasteiger partial charge in [-0.2, -0.15) is 0 Å². The normalized spacial score (nSPS) is 25.3. The maximum absolute atomic E-state index is 10.1. The number of hydrogen-bond acceptors (Lipinski definition) is 2. The molecule has 68 valence electrons. The molecule has 1 aliphatic carbocycles. The summed E-state index contributed by atoms with van der Waals surface area (Å²) in [5.41, 5.74) is 2.54. The van der Waals surface area contributed by atoms with E-state index >= 15 is 0 Å². The Morgan fingerprint density at radius 2 is 2.38 bits per heavy atom. The zero-order valence-electron chi connectivity index (χ0n) is 7.57. The average Bonchev–Trinajstić information content (AvgIpc) is 2.85. The van der Waals surface area contributed by atoms with E-state index in [1.54, 1.807) is 0 Å². The Morgan fingerprint density at radius 3 is 3.08 bits per heavy atom. The van der Waals surface area contributed by atoms with Gasteiger partial charge in [0.15, 0.2) is 0 Å². The fraction of sp³-hybridized carbons (Fsp3) is 0.364. The molecule has 2 heteroatoms. The maximum Gasteiger partial charge on any atom is 0.293 e. The summed E-state index contributed by atoms with van der Waals surface area (Å²) in [4.78, 5) is 10.1. The minimum absolute atomic E-state index is 0.124. The van der Waals surface area contributed by atoms with Crippen molar-refractivity contribution in [3.8, 4) is 0 Å². The molecule has 13 heavy (non-hydrogen) atoms. The molecule has 0 aromatic heterocycles. The quantitative estimate of drug-likeness (QED) is 0.658. The van der Waals surface area contributed by atoms with E-state index in [0.29, 0.717) is 12.4 Å². The summed E-state index contributed by atoms with van der Waals surface area (Å²) in [5, 5.41) is 0. The number of ether oxygens (including phenoxy) is 1. The summed E-state index contributed by atoms with van der Waals surface area (Å²) in [6, 6.07) is 8.35. The number of hydrogen-bond donors (Lipinski definition) is 0. The Labute approximate surface area is 77.5 Å². The highest BCUT2D eigenvalue weighted by atomic mass is 16.5. The molecule has 0 spiro atoms. The van der Waals surface area contributed by atoms with Gasteiger partial charge in [-0.05, 0) is 18.9 Å². The van der Waals surface area contributed by atoms with Crippen LogP contribution in [0.2, 0.25) is 0 Å². The van der Waals surface area contributed by atoms with E-state index in [4.69, 9.17) is 4.74 Å². The fourth-order valence-electron chi connectivity index (χ4n) is 1.64. The van der Waals surface area contributed by atoms with Crippen LogP contribution >= 0.6 is 0 Å². The van der Waals surface area contributed by atoms with E-state index < -0.39 is 0 Å². The van der Waals surface area contributed by atoms with Gasteiger partial charge in [-0.25, -0.2) is 0 Å². The van der Waals surface area contributed by atoms with Crippen LogP contribution in [-0.2, 0) is 9.53 Å². The molecule has 2 atom stereocenters. The third-order valence-corrected chi connectivity index (χ3v) is 2.43. The summed E-state index contributed by atoms with van der Waals surface area (Å²) < 4.78 is 4.88. The molecule has 0 heterocycles. The van der Waals surface area contributed by atoms with Gasteiger partial charge in [-0.1, -0.05) is 29.8 Å². The first kappa shape index (κ1) is 8.30. The van der Waals surface area contributed by atoms with Crippen molar-refractivity contribution in [1.82, 2.24) is 0 Å². The van der Waals surface area contributed by atoms with Gasteiger partial charge < -0.3 is 4.74 Å². The molecular weight excluding hydrogens is 164 g/mol. The molecule has 2 unspecified atom stereocenters. The van der Waals surface area contributed by atoms with E-state index in [1.165, 1.54) is 11.1 Å². The zero-order chi connectivity index (χ0) is 9.26. The van der Waals surface area contributed by atoms with Crippen molar-refractivity contribution in [3.63, 3.8) is 0 Å². The zero-order valence-corrected chi connectivity index (χ0v) is 7.57. The molecule has 1 aromatic rings. The molecule has 0 aliphatic heterocycles. The first-order valence-electron chi connectivity index (χ1n) is 4.47. The Kier molecular flexibility index (Phi) is 2.05. The minimum Gasteiger partial charge on any atom is -0.464 e. The van der Waals surface area contributed by atoms with E-state index in [-0.39, 0.29) is 6.10 Å². The number of rotatable bonds is 3. The highest BCUT2D eigenvalue weighted by molar-refractivity contribution is 5.40. The van der Waals surface area contributed by atoms with Crippen LogP contribution in [-0.4, -0.2) is 12.6 Å². The Bertz CT molecular complexity index is 320. The van der Waals surface area contributed by atoms with Gasteiger partial charge in [0.1, 0.15) is 6.10 Å². The van der Waals surface area contributed by atoms with E-state index in [1.807, 2.05) is 6.07 Å². The van der Waals surface area contributed by atoms with Gasteiger partial charge in [0.05, 0.1) is 0 Å².